The predicted octanol–water partition coefficient (Wildman–Crippen LogP) is 4.89. The van der Waals surface area contributed by atoms with Crippen molar-refractivity contribution in [2.45, 2.75) is 26.3 Å². The summed E-state index contributed by atoms with van der Waals surface area (Å²) in [6, 6.07) is 26.9. The van der Waals surface area contributed by atoms with Crippen molar-refractivity contribution in [3.63, 3.8) is 0 Å². The van der Waals surface area contributed by atoms with Crippen molar-refractivity contribution in [1.82, 2.24) is 15.1 Å². The largest absolute Gasteiger partial charge is 0.497 e. The average Bonchev–Trinajstić information content (AvgIpc) is 3.22. The second kappa shape index (κ2) is 11.2. The molecule has 0 fully saturated rings. The maximum atomic E-state index is 12.9. The number of nitrogens with zero attached hydrogens (tertiary/aromatic N) is 2. The van der Waals surface area contributed by atoms with Gasteiger partial charge in [-0.05, 0) is 42.3 Å². The molecule has 1 aromatic heterocycles. The maximum absolute atomic E-state index is 12.9. The topological polar surface area (TPSA) is 85.2 Å². The summed E-state index contributed by atoms with van der Waals surface area (Å²) in [6.07, 6.45) is 0.149. The standard InChI is InChI=1S/C28H28N4O3/c1-20-27(22-11-7-4-8-12-22)28(32(31-20)23-13-15-24(35-2)16-14-23)30-26(34)18-17-25(33)29-19-21-9-5-3-6-10-21/h3-16H,17-19H2,1-2H3,(H,29,33)(H,30,34). The number of hydrogen-bond donors (Lipinski definition) is 2. The zero-order chi connectivity index (χ0) is 24.6. The van der Waals surface area contributed by atoms with Crippen molar-refractivity contribution in [2.24, 2.45) is 0 Å². The van der Waals surface area contributed by atoms with E-state index in [0.29, 0.717) is 12.4 Å². The molecule has 4 rings (SSSR count). The van der Waals surface area contributed by atoms with Crippen LogP contribution in [0.1, 0.15) is 24.1 Å². The van der Waals surface area contributed by atoms with E-state index in [1.807, 2.05) is 91.9 Å². The van der Waals surface area contributed by atoms with Crippen LogP contribution in [0.15, 0.2) is 84.9 Å². The van der Waals surface area contributed by atoms with Gasteiger partial charge in [-0.3, -0.25) is 9.59 Å². The van der Waals surface area contributed by atoms with Crippen molar-refractivity contribution in [1.29, 1.82) is 0 Å². The molecule has 7 heteroatoms. The van der Waals surface area contributed by atoms with E-state index in [1.54, 1.807) is 11.8 Å². The van der Waals surface area contributed by atoms with Crippen molar-refractivity contribution in [3.05, 3.63) is 96.2 Å². The highest BCUT2D eigenvalue weighted by Gasteiger charge is 2.20. The summed E-state index contributed by atoms with van der Waals surface area (Å²) >= 11 is 0. The van der Waals surface area contributed by atoms with Gasteiger partial charge in [0, 0.05) is 24.9 Å². The quantitative estimate of drug-likeness (QED) is 0.366. The van der Waals surface area contributed by atoms with E-state index in [-0.39, 0.29) is 24.7 Å². The third-order valence-corrected chi connectivity index (χ3v) is 5.61. The molecule has 7 nitrogen and oxygen atoms in total. The normalized spacial score (nSPS) is 10.6. The van der Waals surface area contributed by atoms with Crippen LogP contribution in [0.4, 0.5) is 5.82 Å². The lowest BCUT2D eigenvalue weighted by Gasteiger charge is -2.12. The van der Waals surface area contributed by atoms with Gasteiger partial charge in [0.05, 0.1) is 18.5 Å². The minimum atomic E-state index is -0.258. The van der Waals surface area contributed by atoms with Crippen LogP contribution in [0.5, 0.6) is 5.75 Å². The van der Waals surface area contributed by atoms with E-state index in [1.165, 1.54) is 0 Å². The summed E-state index contributed by atoms with van der Waals surface area (Å²) in [6.45, 7) is 2.35. The van der Waals surface area contributed by atoms with Gasteiger partial charge in [-0.25, -0.2) is 4.68 Å². The molecule has 3 aromatic carbocycles. The van der Waals surface area contributed by atoms with E-state index < -0.39 is 0 Å². The fourth-order valence-corrected chi connectivity index (χ4v) is 3.81. The Kier molecular flexibility index (Phi) is 7.57. The lowest BCUT2D eigenvalue weighted by atomic mass is 10.1. The van der Waals surface area contributed by atoms with Gasteiger partial charge in [-0.1, -0.05) is 60.7 Å². The Morgan fingerprint density at radius 2 is 1.49 bits per heavy atom. The van der Waals surface area contributed by atoms with Gasteiger partial charge >= 0.3 is 0 Å². The van der Waals surface area contributed by atoms with E-state index in [0.717, 1.165) is 33.8 Å². The molecule has 0 radical (unpaired) electrons. The number of methoxy groups -OCH3 is 1. The highest BCUT2D eigenvalue weighted by molar-refractivity contribution is 5.97. The van der Waals surface area contributed by atoms with Crippen LogP contribution in [0, 0.1) is 6.92 Å². The highest BCUT2D eigenvalue weighted by atomic mass is 16.5. The first-order valence-corrected chi connectivity index (χ1v) is 11.4. The lowest BCUT2D eigenvalue weighted by Crippen LogP contribution is -2.24. The number of benzene rings is 3. The van der Waals surface area contributed by atoms with Gasteiger partial charge in [0.1, 0.15) is 11.6 Å². The lowest BCUT2D eigenvalue weighted by molar-refractivity contribution is -0.124. The van der Waals surface area contributed by atoms with E-state index in [9.17, 15) is 9.59 Å². The molecule has 0 saturated carbocycles. The van der Waals surface area contributed by atoms with Crippen molar-refractivity contribution in [3.8, 4) is 22.6 Å². The Morgan fingerprint density at radius 1 is 0.857 bits per heavy atom. The predicted molar refractivity (Wildman–Crippen MR) is 136 cm³/mol. The van der Waals surface area contributed by atoms with E-state index in [2.05, 4.69) is 10.6 Å². The van der Waals surface area contributed by atoms with E-state index in [4.69, 9.17) is 9.84 Å². The molecule has 0 bridgehead atoms. The number of carbonyl (C=O) groups is 2. The fraction of sp³-hybridized carbons (Fsp3) is 0.179. The van der Waals surface area contributed by atoms with Gasteiger partial charge in [-0.15, -0.1) is 0 Å². The number of hydrogen-bond acceptors (Lipinski definition) is 4. The molecule has 2 amide bonds. The van der Waals surface area contributed by atoms with Gasteiger partial charge in [0.2, 0.25) is 11.8 Å². The summed E-state index contributed by atoms with van der Waals surface area (Å²) in [7, 11) is 1.61. The summed E-state index contributed by atoms with van der Waals surface area (Å²) in [5.74, 6) is 0.861. The number of nitrogens with one attached hydrogen (secondary N) is 2. The summed E-state index contributed by atoms with van der Waals surface area (Å²) < 4.78 is 6.98. The van der Waals surface area contributed by atoms with Gasteiger partial charge in [-0.2, -0.15) is 5.10 Å². The van der Waals surface area contributed by atoms with Crippen molar-refractivity contribution >= 4 is 17.6 Å². The molecule has 35 heavy (non-hydrogen) atoms. The third kappa shape index (κ3) is 5.95. The number of carbonyl (C=O) groups excluding carboxylic acids is 2. The molecular formula is C28H28N4O3. The van der Waals surface area contributed by atoms with Crippen LogP contribution in [-0.2, 0) is 16.1 Å². The molecule has 1 heterocycles. The number of anilines is 1. The van der Waals surface area contributed by atoms with Crippen LogP contribution < -0.4 is 15.4 Å². The molecule has 0 spiro atoms. The molecular weight excluding hydrogens is 440 g/mol. The van der Waals surface area contributed by atoms with Gasteiger partial charge in [0.25, 0.3) is 0 Å². The number of ether oxygens (including phenoxy) is 1. The maximum Gasteiger partial charge on any atom is 0.226 e. The number of aromatic nitrogens is 2. The zero-order valence-corrected chi connectivity index (χ0v) is 19.8. The molecule has 0 saturated heterocycles. The Hall–Kier alpha value is -4.39. The van der Waals surface area contributed by atoms with Gasteiger partial charge in [0.15, 0.2) is 0 Å². The first-order valence-electron chi connectivity index (χ1n) is 11.4. The second-order valence-corrected chi connectivity index (χ2v) is 8.10. The summed E-state index contributed by atoms with van der Waals surface area (Å²) in [5, 5.41) is 10.6. The van der Waals surface area contributed by atoms with Crippen molar-refractivity contribution in [2.75, 3.05) is 12.4 Å². The second-order valence-electron chi connectivity index (χ2n) is 8.10. The fourth-order valence-electron chi connectivity index (χ4n) is 3.81. The third-order valence-electron chi connectivity index (χ3n) is 5.61. The zero-order valence-electron chi connectivity index (χ0n) is 19.8. The Balaban J connectivity index is 1.51. The Labute approximate surface area is 204 Å². The summed E-state index contributed by atoms with van der Waals surface area (Å²) in [4.78, 5) is 25.2. The van der Waals surface area contributed by atoms with Crippen LogP contribution in [0.2, 0.25) is 0 Å². The Morgan fingerprint density at radius 3 is 2.14 bits per heavy atom. The van der Waals surface area contributed by atoms with Gasteiger partial charge < -0.3 is 15.4 Å². The molecule has 0 unspecified atom stereocenters. The monoisotopic (exact) mass is 468 g/mol. The van der Waals surface area contributed by atoms with E-state index >= 15 is 0 Å². The minimum absolute atomic E-state index is 0.0572. The number of rotatable bonds is 9. The molecule has 0 aliphatic heterocycles. The average molecular weight is 469 g/mol. The minimum Gasteiger partial charge on any atom is -0.497 e. The molecule has 4 aromatic rings. The SMILES string of the molecule is COc1ccc(-n2nc(C)c(-c3ccccc3)c2NC(=O)CCC(=O)NCc2ccccc2)cc1. The van der Waals surface area contributed by atoms with Crippen LogP contribution in [0.25, 0.3) is 16.8 Å². The first kappa shape index (κ1) is 23.8. The molecule has 178 valence electrons. The molecule has 0 aliphatic rings. The van der Waals surface area contributed by atoms with Crippen LogP contribution in [-0.4, -0.2) is 28.7 Å². The molecule has 2 N–H and O–H groups in total. The molecule has 0 atom stereocenters. The van der Waals surface area contributed by atoms with Crippen molar-refractivity contribution < 1.29 is 14.3 Å². The highest BCUT2D eigenvalue weighted by Crippen LogP contribution is 2.33. The van der Waals surface area contributed by atoms with Crippen LogP contribution >= 0.6 is 0 Å². The number of aryl methyl sites for hydroxylation is 1. The number of amides is 2. The van der Waals surface area contributed by atoms with Crippen LogP contribution in [0.3, 0.4) is 0 Å². The Bertz CT molecular complexity index is 1280. The summed E-state index contributed by atoms with van der Waals surface area (Å²) in [5.41, 5.74) is 4.36. The molecule has 0 aliphatic carbocycles. The smallest absolute Gasteiger partial charge is 0.226 e. The first-order chi connectivity index (χ1) is 17.0.